The summed E-state index contributed by atoms with van der Waals surface area (Å²) in [5.41, 5.74) is 1.39. The molecule has 0 atom stereocenters. The fourth-order valence-electron chi connectivity index (χ4n) is 2.11. The van der Waals surface area contributed by atoms with E-state index in [0.29, 0.717) is 16.0 Å². The van der Waals surface area contributed by atoms with E-state index >= 15 is 0 Å². The summed E-state index contributed by atoms with van der Waals surface area (Å²) < 4.78 is 32.0. The molecular formula is C14H13BrF2N2O. The minimum absolute atomic E-state index is 0.147. The average Bonchev–Trinajstić information content (AvgIpc) is 3.08. The first-order valence-corrected chi connectivity index (χ1v) is 7.19. The number of nitrogens with zero attached hydrogens (tertiary/aromatic N) is 2. The van der Waals surface area contributed by atoms with Crippen LogP contribution in [0.3, 0.4) is 0 Å². The summed E-state index contributed by atoms with van der Waals surface area (Å²) in [6, 6.07) is 5.22. The fourth-order valence-corrected chi connectivity index (χ4v) is 2.57. The maximum Gasteiger partial charge on any atom is 0.387 e. The smallest absolute Gasteiger partial charge is 0.387 e. The number of halogens is 3. The highest BCUT2D eigenvalue weighted by atomic mass is 79.9. The maximum atomic E-state index is 12.5. The predicted octanol–water partition coefficient (Wildman–Crippen LogP) is 4.32. The number of ether oxygens (including phenoxy) is 1. The van der Waals surface area contributed by atoms with Crippen molar-refractivity contribution in [1.82, 2.24) is 9.78 Å². The summed E-state index contributed by atoms with van der Waals surface area (Å²) in [6.07, 6.45) is 6.04. The SMILES string of the molecule is FC(F)Oc1c(Br)cccc1-c1cnn(CC2CC2)c1. The van der Waals surface area contributed by atoms with Crippen LogP contribution >= 0.6 is 15.9 Å². The van der Waals surface area contributed by atoms with Gasteiger partial charge in [0.25, 0.3) is 0 Å². The van der Waals surface area contributed by atoms with Gasteiger partial charge in [0.2, 0.25) is 0 Å². The first kappa shape index (κ1) is 13.5. The Morgan fingerprint density at radius 3 is 2.90 bits per heavy atom. The third-order valence-corrected chi connectivity index (χ3v) is 3.88. The number of hydrogen-bond donors (Lipinski definition) is 0. The van der Waals surface area contributed by atoms with Crippen molar-refractivity contribution in [3.8, 4) is 16.9 Å². The summed E-state index contributed by atoms with van der Waals surface area (Å²) in [7, 11) is 0. The third-order valence-electron chi connectivity index (χ3n) is 3.26. The highest BCUT2D eigenvalue weighted by molar-refractivity contribution is 9.10. The zero-order chi connectivity index (χ0) is 14.1. The molecule has 3 rings (SSSR count). The highest BCUT2D eigenvalue weighted by Crippen LogP contribution is 2.37. The lowest BCUT2D eigenvalue weighted by Crippen LogP contribution is -2.03. The van der Waals surface area contributed by atoms with E-state index in [0.717, 1.165) is 12.1 Å². The van der Waals surface area contributed by atoms with Gasteiger partial charge in [-0.25, -0.2) is 0 Å². The van der Waals surface area contributed by atoms with Crippen molar-refractivity contribution >= 4 is 15.9 Å². The summed E-state index contributed by atoms with van der Waals surface area (Å²) in [5, 5.41) is 4.28. The van der Waals surface area contributed by atoms with Gasteiger partial charge < -0.3 is 4.74 Å². The molecule has 0 spiro atoms. The summed E-state index contributed by atoms with van der Waals surface area (Å²) in [5.74, 6) is 0.857. The zero-order valence-electron chi connectivity index (χ0n) is 10.6. The van der Waals surface area contributed by atoms with Crippen molar-refractivity contribution in [2.24, 2.45) is 5.92 Å². The van der Waals surface area contributed by atoms with Crippen LogP contribution in [0.4, 0.5) is 8.78 Å². The Hall–Kier alpha value is -1.43. The molecule has 0 unspecified atom stereocenters. The Morgan fingerprint density at radius 1 is 1.40 bits per heavy atom. The van der Waals surface area contributed by atoms with Crippen molar-refractivity contribution in [2.45, 2.75) is 26.0 Å². The Balaban J connectivity index is 1.91. The number of hydrogen-bond acceptors (Lipinski definition) is 2. The number of benzene rings is 1. The minimum atomic E-state index is -2.85. The van der Waals surface area contributed by atoms with E-state index in [1.807, 2.05) is 10.9 Å². The molecule has 0 amide bonds. The molecule has 0 saturated heterocycles. The molecule has 1 fully saturated rings. The van der Waals surface area contributed by atoms with Crippen molar-refractivity contribution in [3.05, 3.63) is 35.1 Å². The van der Waals surface area contributed by atoms with E-state index in [2.05, 4.69) is 25.8 Å². The molecule has 0 bridgehead atoms. The Kier molecular flexibility index (Phi) is 3.74. The second-order valence-corrected chi connectivity index (χ2v) is 5.74. The van der Waals surface area contributed by atoms with Crippen LogP contribution in [-0.4, -0.2) is 16.4 Å². The molecule has 0 N–H and O–H groups in total. The van der Waals surface area contributed by atoms with Gasteiger partial charge in [0.1, 0.15) is 5.75 Å². The molecule has 0 radical (unpaired) electrons. The molecule has 106 valence electrons. The average molecular weight is 343 g/mol. The lowest BCUT2D eigenvalue weighted by atomic mass is 10.1. The van der Waals surface area contributed by atoms with Crippen LogP contribution in [0.2, 0.25) is 0 Å². The van der Waals surface area contributed by atoms with Gasteiger partial charge in [0.15, 0.2) is 0 Å². The summed E-state index contributed by atoms with van der Waals surface area (Å²) in [4.78, 5) is 0. The van der Waals surface area contributed by atoms with Gasteiger partial charge in [0, 0.05) is 23.9 Å². The summed E-state index contributed by atoms with van der Waals surface area (Å²) in [6.45, 7) is -1.96. The van der Waals surface area contributed by atoms with Gasteiger partial charge in [-0.15, -0.1) is 0 Å². The predicted molar refractivity (Wildman–Crippen MR) is 74.7 cm³/mol. The van der Waals surface area contributed by atoms with Crippen molar-refractivity contribution in [3.63, 3.8) is 0 Å². The zero-order valence-corrected chi connectivity index (χ0v) is 12.2. The van der Waals surface area contributed by atoms with Gasteiger partial charge in [0.05, 0.1) is 10.7 Å². The van der Waals surface area contributed by atoms with Gasteiger partial charge in [-0.1, -0.05) is 12.1 Å². The van der Waals surface area contributed by atoms with Crippen LogP contribution in [0.15, 0.2) is 35.1 Å². The Labute approximate surface area is 123 Å². The van der Waals surface area contributed by atoms with Crippen LogP contribution in [0.1, 0.15) is 12.8 Å². The third kappa shape index (κ3) is 3.00. The fraction of sp³-hybridized carbons (Fsp3) is 0.357. The van der Waals surface area contributed by atoms with Crippen molar-refractivity contribution in [1.29, 1.82) is 0 Å². The monoisotopic (exact) mass is 342 g/mol. The first-order chi connectivity index (χ1) is 9.63. The molecule has 1 aromatic heterocycles. The molecule has 1 aliphatic carbocycles. The molecule has 1 heterocycles. The van der Waals surface area contributed by atoms with E-state index < -0.39 is 6.61 Å². The lowest BCUT2D eigenvalue weighted by molar-refractivity contribution is -0.0499. The Morgan fingerprint density at radius 2 is 2.20 bits per heavy atom. The minimum Gasteiger partial charge on any atom is -0.433 e. The molecule has 6 heteroatoms. The lowest BCUT2D eigenvalue weighted by Gasteiger charge is -2.11. The van der Waals surface area contributed by atoms with E-state index in [4.69, 9.17) is 0 Å². The molecule has 1 saturated carbocycles. The maximum absolute atomic E-state index is 12.5. The Bertz CT molecular complexity index is 611. The van der Waals surface area contributed by atoms with Gasteiger partial charge in [-0.05, 0) is 40.8 Å². The van der Waals surface area contributed by atoms with Crippen molar-refractivity contribution in [2.75, 3.05) is 0 Å². The number of para-hydroxylation sites is 1. The van der Waals surface area contributed by atoms with Crippen LogP contribution in [0, 0.1) is 5.92 Å². The number of aromatic nitrogens is 2. The van der Waals surface area contributed by atoms with Gasteiger partial charge in [-0.2, -0.15) is 13.9 Å². The molecule has 0 aliphatic heterocycles. The molecule has 3 nitrogen and oxygen atoms in total. The highest BCUT2D eigenvalue weighted by Gasteiger charge is 2.22. The number of rotatable bonds is 5. The van der Waals surface area contributed by atoms with E-state index in [-0.39, 0.29) is 5.75 Å². The van der Waals surface area contributed by atoms with Crippen LogP contribution in [-0.2, 0) is 6.54 Å². The summed E-state index contributed by atoms with van der Waals surface area (Å²) >= 11 is 3.24. The van der Waals surface area contributed by atoms with Crippen molar-refractivity contribution < 1.29 is 13.5 Å². The van der Waals surface area contributed by atoms with Crippen LogP contribution in [0.25, 0.3) is 11.1 Å². The number of alkyl halides is 2. The molecular weight excluding hydrogens is 330 g/mol. The molecule has 20 heavy (non-hydrogen) atoms. The molecule has 1 aliphatic rings. The van der Waals surface area contributed by atoms with Crippen LogP contribution < -0.4 is 4.74 Å². The van der Waals surface area contributed by atoms with E-state index in [9.17, 15) is 8.78 Å². The largest absolute Gasteiger partial charge is 0.433 e. The second kappa shape index (κ2) is 5.52. The quantitative estimate of drug-likeness (QED) is 0.808. The van der Waals surface area contributed by atoms with E-state index in [1.165, 1.54) is 12.8 Å². The van der Waals surface area contributed by atoms with Gasteiger partial charge >= 0.3 is 6.61 Å². The molecule has 1 aromatic carbocycles. The second-order valence-electron chi connectivity index (χ2n) is 4.89. The normalized spacial score (nSPS) is 14.8. The van der Waals surface area contributed by atoms with E-state index in [1.54, 1.807) is 24.4 Å². The van der Waals surface area contributed by atoms with Crippen LogP contribution in [0.5, 0.6) is 5.75 Å². The van der Waals surface area contributed by atoms with Gasteiger partial charge in [-0.3, -0.25) is 4.68 Å². The first-order valence-electron chi connectivity index (χ1n) is 6.39. The standard InChI is InChI=1S/C14H13BrF2N2O/c15-12-3-1-2-11(13(12)20-14(16)17)10-6-18-19(8-10)7-9-4-5-9/h1-3,6,8-9,14H,4-5,7H2. The molecule has 2 aromatic rings. The topological polar surface area (TPSA) is 27.1 Å².